The number of nitrogens with one attached hydrogen (secondary N) is 2. The van der Waals surface area contributed by atoms with Crippen LogP contribution in [0.15, 0.2) is 36.4 Å². The van der Waals surface area contributed by atoms with Crippen LogP contribution in [0.4, 0.5) is 5.69 Å². The van der Waals surface area contributed by atoms with Gasteiger partial charge in [-0.3, -0.25) is 19.7 Å². The first-order chi connectivity index (χ1) is 11.8. The highest BCUT2D eigenvalue weighted by atomic mass is 16.5. The third-order valence-corrected chi connectivity index (χ3v) is 4.02. The molecule has 0 spiro atoms. The number of imide groups is 1. The molecule has 2 aromatic rings. The minimum atomic E-state index is -0.718. The molecule has 0 fully saturated rings. The number of rotatable bonds is 4. The van der Waals surface area contributed by atoms with E-state index in [4.69, 9.17) is 4.74 Å². The molecule has 1 atom stereocenters. The van der Waals surface area contributed by atoms with Gasteiger partial charge in [-0.15, -0.1) is 0 Å². The van der Waals surface area contributed by atoms with Crippen LogP contribution < -0.4 is 15.4 Å². The van der Waals surface area contributed by atoms with Crippen LogP contribution in [-0.4, -0.2) is 23.8 Å². The van der Waals surface area contributed by atoms with Crippen molar-refractivity contribution in [1.82, 2.24) is 5.32 Å². The van der Waals surface area contributed by atoms with Gasteiger partial charge in [-0.2, -0.15) is 0 Å². The zero-order valence-corrected chi connectivity index (χ0v) is 14.2. The average molecular weight is 338 g/mol. The zero-order valence-electron chi connectivity index (χ0n) is 14.2. The fraction of sp³-hybridized carbons (Fsp3) is 0.211. The summed E-state index contributed by atoms with van der Waals surface area (Å²) in [6.07, 6.45) is -0.718. The Kier molecular flexibility index (Phi) is 4.27. The van der Waals surface area contributed by atoms with Crippen molar-refractivity contribution in [3.63, 3.8) is 0 Å². The Morgan fingerprint density at radius 3 is 2.52 bits per heavy atom. The molecule has 1 aliphatic heterocycles. The van der Waals surface area contributed by atoms with Gasteiger partial charge < -0.3 is 10.1 Å². The number of aryl methyl sites for hydroxylation is 2. The number of anilines is 1. The molecule has 0 radical (unpaired) electrons. The van der Waals surface area contributed by atoms with E-state index in [9.17, 15) is 14.4 Å². The standard InChI is InChI=1S/C19H18N2O4/c1-10-4-5-11(2)16(8-10)25-12(3)17(22)20-13-6-7-14-15(9-13)19(24)21-18(14)23/h4-9,12H,1-3H3,(H,20,22)(H,21,23,24). The maximum Gasteiger partial charge on any atom is 0.265 e. The van der Waals surface area contributed by atoms with Crippen molar-refractivity contribution in [2.75, 3.05) is 5.32 Å². The molecule has 1 unspecified atom stereocenters. The highest BCUT2D eigenvalue weighted by Crippen LogP contribution is 2.22. The molecule has 2 N–H and O–H groups in total. The van der Waals surface area contributed by atoms with E-state index >= 15 is 0 Å². The summed E-state index contributed by atoms with van der Waals surface area (Å²) >= 11 is 0. The van der Waals surface area contributed by atoms with Crippen LogP contribution in [0.25, 0.3) is 0 Å². The van der Waals surface area contributed by atoms with Crippen molar-refractivity contribution in [2.24, 2.45) is 0 Å². The number of ether oxygens (including phenoxy) is 1. The topological polar surface area (TPSA) is 84.5 Å². The largest absolute Gasteiger partial charge is 0.481 e. The maximum atomic E-state index is 12.4. The van der Waals surface area contributed by atoms with Gasteiger partial charge in [0.25, 0.3) is 17.7 Å². The molecule has 3 amide bonds. The normalized spacial score (nSPS) is 13.9. The fourth-order valence-electron chi connectivity index (χ4n) is 2.57. The summed E-state index contributed by atoms with van der Waals surface area (Å²) in [4.78, 5) is 35.6. The highest BCUT2D eigenvalue weighted by molar-refractivity contribution is 6.22. The van der Waals surface area contributed by atoms with Crippen LogP contribution in [0.5, 0.6) is 5.75 Å². The lowest BCUT2D eigenvalue weighted by molar-refractivity contribution is -0.122. The molecule has 0 saturated heterocycles. The first-order valence-corrected chi connectivity index (χ1v) is 7.89. The Bertz CT molecular complexity index is 889. The minimum Gasteiger partial charge on any atom is -0.481 e. The van der Waals surface area contributed by atoms with Gasteiger partial charge in [-0.1, -0.05) is 12.1 Å². The average Bonchev–Trinajstić information content (AvgIpc) is 2.85. The van der Waals surface area contributed by atoms with E-state index in [-0.39, 0.29) is 11.5 Å². The predicted molar refractivity (Wildman–Crippen MR) is 92.9 cm³/mol. The molecule has 1 aliphatic rings. The Morgan fingerprint density at radius 1 is 1.04 bits per heavy atom. The van der Waals surface area contributed by atoms with E-state index in [2.05, 4.69) is 10.6 Å². The number of fused-ring (bicyclic) bond motifs is 1. The first kappa shape index (κ1) is 16.7. The molecule has 128 valence electrons. The molecule has 0 saturated carbocycles. The summed E-state index contributed by atoms with van der Waals surface area (Å²) in [6, 6.07) is 10.4. The van der Waals surface area contributed by atoms with Gasteiger partial charge in [0.05, 0.1) is 11.1 Å². The highest BCUT2D eigenvalue weighted by Gasteiger charge is 2.27. The summed E-state index contributed by atoms with van der Waals surface area (Å²) in [5, 5.41) is 4.92. The Hall–Kier alpha value is -3.15. The summed E-state index contributed by atoms with van der Waals surface area (Å²) in [7, 11) is 0. The van der Waals surface area contributed by atoms with E-state index in [0.717, 1.165) is 11.1 Å². The summed E-state index contributed by atoms with van der Waals surface area (Å²) < 4.78 is 5.75. The van der Waals surface area contributed by atoms with E-state index < -0.39 is 17.9 Å². The Morgan fingerprint density at radius 2 is 1.76 bits per heavy atom. The lowest BCUT2D eigenvalue weighted by Crippen LogP contribution is -2.30. The molecular weight excluding hydrogens is 320 g/mol. The number of carbonyl (C=O) groups is 3. The lowest BCUT2D eigenvalue weighted by atomic mass is 10.1. The number of amides is 3. The SMILES string of the molecule is Cc1ccc(C)c(OC(C)C(=O)Nc2ccc3c(c2)C(=O)NC3=O)c1. The monoisotopic (exact) mass is 338 g/mol. The van der Waals surface area contributed by atoms with Crippen molar-refractivity contribution in [3.8, 4) is 5.75 Å². The fourth-order valence-corrected chi connectivity index (χ4v) is 2.57. The van der Waals surface area contributed by atoms with Crippen LogP contribution in [0.1, 0.15) is 38.8 Å². The van der Waals surface area contributed by atoms with Crippen molar-refractivity contribution < 1.29 is 19.1 Å². The molecule has 2 aromatic carbocycles. The third kappa shape index (κ3) is 3.38. The molecule has 6 heteroatoms. The van der Waals surface area contributed by atoms with E-state index in [0.29, 0.717) is 17.0 Å². The number of carbonyl (C=O) groups excluding carboxylic acids is 3. The van der Waals surface area contributed by atoms with Gasteiger partial charge in [0, 0.05) is 5.69 Å². The predicted octanol–water partition coefficient (Wildman–Crippen LogP) is 2.59. The van der Waals surface area contributed by atoms with Crippen LogP contribution in [0.3, 0.4) is 0 Å². The van der Waals surface area contributed by atoms with Crippen molar-refractivity contribution >= 4 is 23.4 Å². The molecule has 1 heterocycles. The molecular formula is C19H18N2O4. The first-order valence-electron chi connectivity index (χ1n) is 7.89. The number of hydrogen-bond acceptors (Lipinski definition) is 4. The molecule has 0 aromatic heterocycles. The van der Waals surface area contributed by atoms with Gasteiger partial charge >= 0.3 is 0 Å². The lowest BCUT2D eigenvalue weighted by Gasteiger charge is -2.17. The summed E-state index contributed by atoms with van der Waals surface area (Å²) in [5.41, 5.74) is 2.99. The van der Waals surface area contributed by atoms with Gasteiger partial charge in [0.1, 0.15) is 5.75 Å². The second kappa shape index (κ2) is 6.39. The van der Waals surface area contributed by atoms with Crippen LogP contribution in [0.2, 0.25) is 0 Å². The Labute approximate surface area is 145 Å². The van der Waals surface area contributed by atoms with Crippen LogP contribution in [0, 0.1) is 13.8 Å². The van der Waals surface area contributed by atoms with Crippen molar-refractivity contribution in [2.45, 2.75) is 26.9 Å². The minimum absolute atomic E-state index is 0.255. The van der Waals surface area contributed by atoms with Gasteiger partial charge in [-0.05, 0) is 56.2 Å². The Balaban J connectivity index is 1.72. The molecule has 25 heavy (non-hydrogen) atoms. The second-order valence-corrected chi connectivity index (χ2v) is 6.06. The second-order valence-electron chi connectivity index (χ2n) is 6.06. The van der Waals surface area contributed by atoms with E-state index in [1.54, 1.807) is 13.0 Å². The van der Waals surface area contributed by atoms with Crippen LogP contribution >= 0.6 is 0 Å². The van der Waals surface area contributed by atoms with E-state index in [1.807, 2.05) is 32.0 Å². The van der Waals surface area contributed by atoms with Gasteiger partial charge in [0.2, 0.25) is 0 Å². The summed E-state index contributed by atoms with van der Waals surface area (Å²) in [5.74, 6) is -0.576. The summed E-state index contributed by atoms with van der Waals surface area (Å²) in [6.45, 7) is 5.52. The third-order valence-electron chi connectivity index (χ3n) is 4.02. The van der Waals surface area contributed by atoms with E-state index in [1.165, 1.54) is 12.1 Å². The number of hydrogen-bond donors (Lipinski definition) is 2. The molecule has 3 rings (SSSR count). The quantitative estimate of drug-likeness (QED) is 0.839. The van der Waals surface area contributed by atoms with Crippen molar-refractivity contribution in [1.29, 1.82) is 0 Å². The van der Waals surface area contributed by atoms with Crippen molar-refractivity contribution in [3.05, 3.63) is 58.7 Å². The zero-order chi connectivity index (χ0) is 18.1. The molecule has 0 aliphatic carbocycles. The van der Waals surface area contributed by atoms with Crippen LogP contribution in [-0.2, 0) is 4.79 Å². The van der Waals surface area contributed by atoms with Gasteiger partial charge in [0.15, 0.2) is 6.10 Å². The molecule has 6 nitrogen and oxygen atoms in total. The van der Waals surface area contributed by atoms with Gasteiger partial charge in [-0.25, -0.2) is 0 Å². The maximum absolute atomic E-state index is 12.4. The number of benzene rings is 2. The molecule has 0 bridgehead atoms. The smallest absolute Gasteiger partial charge is 0.265 e.